The number of aliphatic hydroxyl groups is 1. The van der Waals surface area contributed by atoms with Gasteiger partial charge < -0.3 is 15.2 Å². The first-order valence-corrected chi connectivity index (χ1v) is 8.72. The van der Waals surface area contributed by atoms with E-state index in [1.54, 1.807) is 19.2 Å². The molecular formula is C15H25NO4S. The van der Waals surface area contributed by atoms with Crippen LogP contribution >= 0.6 is 0 Å². The van der Waals surface area contributed by atoms with Crippen LogP contribution in [0.25, 0.3) is 0 Å². The van der Waals surface area contributed by atoms with Crippen molar-refractivity contribution in [1.29, 1.82) is 0 Å². The second kappa shape index (κ2) is 8.48. The molecule has 0 fully saturated rings. The highest BCUT2D eigenvalue weighted by Gasteiger charge is 2.19. The lowest BCUT2D eigenvalue weighted by atomic mass is 10.0. The summed E-state index contributed by atoms with van der Waals surface area (Å²) in [5.41, 5.74) is 1.09. The van der Waals surface area contributed by atoms with E-state index in [1.165, 1.54) is 0 Å². The fraction of sp³-hybridized carbons (Fsp3) is 0.600. The highest BCUT2D eigenvalue weighted by atomic mass is 32.2. The summed E-state index contributed by atoms with van der Waals surface area (Å²) in [5, 5.41) is 12.8. The SMILES string of the molecule is COCCNCC(O)CS(=O)(=O)c1ccc(C(C)C)cc1. The van der Waals surface area contributed by atoms with Crippen LogP contribution in [0, 0.1) is 0 Å². The molecule has 1 atom stereocenters. The molecule has 0 aliphatic carbocycles. The maximum atomic E-state index is 12.2. The lowest BCUT2D eigenvalue weighted by Crippen LogP contribution is -2.34. The number of hydrogen-bond acceptors (Lipinski definition) is 5. The Kier molecular flexibility index (Phi) is 7.31. The van der Waals surface area contributed by atoms with Crippen molar-refractivity contribution in [3.8, 4) is 0 Å². The Hall–Kier alpha value is -0.950. The molecule has 0 amide bonds. The first-order chi connectivity index (χ1) is 9.86. The molecule has 0 aliphatic heterocycles. The van der Waals surface area contributed by atoms with Gasteiger partial charge in [0.2, 0.25) is 0 Å². The van der Waals surface area contributed by atoms with E-state index in [-0.39, 0.29) is 17.2 Å². The number of hydrogen-bond donors (Lipinski definition) is 2. The van der Waals surface area contributed by atoms with Crippen molar-refractivity contribution in [1.82, 2.24) is 5.32 Å². The minimum absolute atomic E-state index is 0.229. The zero-order valence-corrected chi connectivity index (χ0v) is 13.7. The molecule has 1 unspecified atom stereocenters. The van der Waals surface area contributed by atoms with E-state index in [1.807, 2.05) is 12.1 Å². The number of sulfone groups is 1. The Morgan fingerprint density at radius 1 is 1.24 bits per heavy atom. The third kappa shape index (κ3) is 6.13. The Morgan fingerprint density at radius 2 is 1.86 bits per heavy atom. The Morgan fingerprint density at radius 3 is 2.38 bits per heavy atom. The smallest absolute Gasteiger partial charge is 0.180 e. The zero-order valence-electron chi connectivity index (χ0n) is 12.9. The average Bonchev–Trinajstić information content (AvgIpc) is 2.43. The molecule has 0 spiro atoms. The summed E-state index contributed by atoms with van der Waals surface area (Å²) in [6, 6.07) is 6.85. The topological polar surface area (TPSA) is 75.6 Å². The van der Waals surface area contributed by atoms with Crippen molar-refractivity contribution in [2.75, 3.05) is 32.6 Å². The van der Waals surface area contributed by atoms with Gasteiger partial charge in [0, 0.05) is 20.2 Å². The average molecular weight is 315 g/mol. The molecule has 0 heterocycles. The van der Waals surface area contributed by atoms with Crippen LogP contribution in [0.15, 0.2) is 29.2 Å². The van der Waals surface area contributed by atoms with E-state index in [9.17, 15) is 13.5 Å². The Bertz CT molecular complexity index is 511. The van der Waals surface area contributed by atoms with Crippen molar-refractivity contribution in [2.24, 2.45) is 0 Å². The standard InChI is InChI=1S/C15H25NO4S/c1-12(2)13-4-6-15(7-5-13)21(18,19)11-14(17)10-16-8-9-20-3/h4-7,12,14,16-17H,8-11H2,1-3H3. The molecule has 21 heavy (non-hydrogen) atoms. The number of aliphatic hydroxyl groups excluding tert-OH is 1. The molecular weight excluding hydrogens is 290 g/mol. The highest BCUT2D eigenvalue weighted by molar-refractivity contribution is 7.91. The van der Waals surface area contributed by atoms with Crippen LogP contribution in [-0.2, 0) is 14.6 Å². The van der Waals surface area contributed by atoms with Gasteiger partial charge in [-0.05, 0) is 23.6 Å². The van der Waals surface area contributed by atoms with Gasteiger partial charge in [-0.15, -0.1) is 0 Å². The van der Waals surface area contributed by atoms with E-state index in [0.29, 0.717) is 19.1 Å². The van der Waals surface area contributed by atoms with E-state index < -0.39 is 15.9 Å². The van der Waals surface area contributed by atoms with Gasteiger partial charge >= 0.3 is 0 Å². The molecule has 6 heteroatoms. The van der Waals surface area contributed by atoms with E-state index >= 15 is 0 Å². The molecule has 2 N–H and O–H groups in total. The van der Waals surface area contributed by atoms with Crippen LogP contribution < -0.4 is 5.32 Å². The van der Waals surface area contributed by atoms with Gasteiger partial charge in [-0.2, -0.15) is 0 Å². The monoisotopic (exact) mass is 315 g/mol. The van der Waals surface area contributed by atoms with E-state index in [4.69, 9.17) is 4.74 Å². The molecule has 1 aromatic rings. The largest absolute Gasteiger partial charge is 0.391 e. The molecule has 1 aromatic carbocycles. The Balaban J connectivity index is 2.60. The predicted octanol–water partition coefficient (Wildman–Crippen LogP) is 1.18. The first kappa shape index (κ1) is 18.1. The summed E-state index contributed by atoms with van der Waals surface area (Å²) >= 11 is 0. The second-order valence-electron chi connectivity index (χ2n) is 5.36. The molecule has 1 rings (SSSR count). The molecule has 120 valence electrons. The molecule has 0 saturated carbocycles. The Labute approximate surface area is 127 Å². The summed E-state index contributed by atoms with van der Waals surface area (Å²) < 4.78 is 29.3. The molecule has 0 aromatic heterocycles. The molecule has 0 radical (unpaired) electrons. The van der Waals surface area contributed by atoms with Gasteiger partial charge in [0.1, 0.15) is 0 Å². The van der Waals surface area contributed by atoms with Crippen LogP contribution in [-0.4, -0.2) is 52.2 Å². The fourth-order valence-electron chi connectivity index (χ4n) is 1.91. The number of nitrogens with one attached hydrogen (secondary N) is 1. The molecule has 0 saturated heterocycles. The van der Waals surface area contributed by atoms with Crippen LogP contribution in [0.3, 0.4) is 0 Å². The summed E-state index contributed by atoms with van der Waals surface area (Å²) in [4.78, 5) is 0.253. The van der Waals surface area contributed by atoms with Gasteiger partial charge in [0.25, 0.3) is 0 Å². The van der Waals surface area contributed by atoms with Crippen molar-refractivity contribution < 1.29 is 18.3 Å². The maximum absolute atomic E-state index is 12.2. The minimum Gasteiger partial charge on any atom is -0.391 e. The predicted molar refractivity (Wildman–Crippen MR) is 83.3 cm³/mol. The van der Waals surface area contributed by atoms with Crippen molar-refractivity contribution >= 4 is 9.84 Å². The van der Waals surface area contributed by atoms with Gasteiger partial charge in [-0.1, -0.05) is 26.0 Å². The zero-order chi connectivity index (χ0) is 15.9. The third-order valence-electron chi connectivity index (χ3n) is 3.18. The summed E-state index contributed by atoms with van der Waals surface area (Å²) in [7, 11) is -1.88. The summed E-state index contributed by atoms with van der Waals surface area (Å²) in [5.74, 6) is 0.0749. The number of rotatable bonds is 9. The normalized spacial score (nSPS) is 13.6. The van der Waals surface area contributed by atoms with Gasteiger partial charge in [-0.25, -0.2) is 8.42 Å². The lowest BCUT2D eigenvalue weighted by Gasteiger charge is -2.13. The minimum atomic E-state index is -3.47. The van der Waals surface area contributed by atoms with Gasteiger partial charge in [0.05, 0.1) is 23.4 Å². The van der Waals surface area contributed by atoms with Crippen molar-refractivity contribution in [3.05, 3.63) is 29.8 Å². The first-order valence-electron chi connectivity index (χ1n) is 7.07. The van der Waals surface area contributed by atoms with Crippen LogP contribution in [0.5, 0.6) is 0 Å². The summed E-state index contributed by atoms with van der Waals surface area (Å²) in [6.07, 6.45) is -0.934. The van der Waals surface area contributed by atoms with Crippen molar-refractivity contribution in [3.63, 3.8) is 0 Å². The van der Waals surface area contributed by atoms with E-state index in [2.05, 4.69) is 19.2 Å². The second-order valence-corrected chi connectivity index (χ2v) is 7.39. The quantitative estimate of drug-likeness (QED) is 0.669. The number of benzene rings is 1. The van der Waals surface area contributed by atoms with Crippen molar-refractivity contribution in [2.45, 2.75) is 30.8 Å². The van der Waals surface area contributed by atoms with Crippen LogP contribution in [0.4, 0.5) is 0 Å². The van der Waals surface area contributed by atoms with Gasteiger partial charge in [-0.3, -0.25) is 0 Å². The lowest BCUT2D eigenvalue weighted by molar-refractivity contribution is 0.174. The molecule has 5 nitrogen and oxygen atoms in total. The van der Waals surface area contributed by atoms with Gasteiger partial charge in [0.15, 0.2) is 9.84 Å². The molecule has 0 aliphatic rings. The fourth-order valence-corrected chi connectivity index (χ4v) is 3.28. The van der Waals surface area contributed by atoms with Crippen LogP contribution in [0.1, 0.15) is 25.3 Å². The van der Waals surface area contributed by atoms with Crippen LogP contribution in [0.2, 0.25) is 0 Å². The third-order valence-corrected chi connectivity index (χ3v) is 4.99. The summed E-state index contributed by atoms with van der Waals surface area (Å²) in [6.45, 7) is 5.44. The maximum Gasteiger partial charge on any atom is 0.180 e. The number of methoxy groups -OCH3 is 1. The highest BCUT2D eigenvalue weighted by Crippen LogP contribution is 2.18. The molecule has 0 bridgehead atoms. The number of ether oxygens (including phenoxy) is 1. The van der Waals surface area contributed by atoms with E-state index in [0.717, 1.165) is 5.56 Å².